The van der Waals surface area contributed by atoms with Crippen molar-refractivity contribution in [3.05, 3.63) is 30.3 Å². The van der Waals surface area contributed by atoms with Crippen molar-refractivity contribution in [1.82, 2.24) is 5.32 Å². The summed E-state index contributed by atoms with van der Waals surface area (Å²) in [5.41, 5.74) is 0.833. The van der Waals surface area contributed by atoms with Crippen LogP contribution in [0.3, 0.4) is 0 Å². The van der Waals surface area contributed by atoms with E-state index in [4.69, 9.17) is 4.74 Å². The molecule has 1 unspecified atom stereocenters. The van der Waals surface area contributed by atoms with Crippen LogP contribution in [0.1, 0.15) is 12.8 Å². The minimum atomic E-state index is -0.0122. The van der Waals surface area contributed by atoms with E-state index in [9.17, 15) is 4.79 Å². The first kappa shape index (κ1) is 12.1. The molecule has 1 aliphatic rings. The molecule has 0 bridgehead atoms. The van der Waals surface area contributed by atoms with Crippen molar-refractivity contribution >= 4 is 11.6 Å². The molecule has 2 rings (SSSR count). The Labute approximate surface area is 101 Å². The average molecular weight is 234 g/mol. The van der Waals surface area contributed by atoms with Gasteiger partial charge in [0.15, 0.2) is 0 Å². The fourth-order valence-electron chi connectivity index (χ4n) is 1.87. The van der Waals surface area contributed by atoms with Gasteiger partial charge in [-0.1, -0.05) is 18.2 Å². The maximum Gasteiger partial charge on any atom is 0.238 e. The lowest BCUT2D eigenvalue weighted by atomic mass is 10.1. The first-order valence-corrected chi connectivity index (χ1v) is 6.00. The summed E-state index contributed by atoms with van der Waals surface area (Å²) in [5.74, 6) is -0.0122. The van der Waals surface area contributed by atoms with E-state index >= 15 is 0 Å². The number of rotatable bonds is 4. The van der Waals surface area contributed by atoms with Gasteiger partial charge < -0.3 is 15.4 Å². The van der Waals surface area contributed by atoms with Gasteiger partial charge in [0.25, 0.3) is 0 Å². The number of amides is 1. The molecule has 1 amide bonds. The molecule has 4 nitrogen and oxygen atoms in total. The summed E-state index contributed by atoms with van der Waals surface area (Å²) in [5, 5.41) is 6.04. The van der Waals surface area contributed by atoms with E-state index < -0.39 is 0 Å². The van der Waals surface area contributed by atoms with Crippen LogP contribution in [0, 0.1) is 0 Å². The second kappa shape index (κ2) is 6.37. The van der Waals surface area contributed by atoms with E-state index in [1.54, 1.807) is 0 Å². The smallest absolute Gasteiger partial charge is 0.238 e. The fourth-order valence-corrected chi connectivity index (χ4v) is 1.87. The predicted molar refractivity (Wildman–Crippen MR) is 66.9 cm³/mol. The lowest BCUT2D eigenvalue weighted by Gasteiger charge is -2.22. The number of anilines is 1. The number of para-hydroxylation sites is 1. The summed E-state index contributed by atoms with van der Waals surface area (Å²) >= 11 is 0. The number of benzene rings is 1. The Morgan fingerprint density at radius 3 is 2.88 bits per heavy atom. The Balaban J connectivity index is 1.70. The van der Waals surface area contributed by atoms with Gasteiger partial charge in [0, 0.05) is 18.3 Å². The van der Waals surface area contributed by atoms with E-state index in [0.29, 0.717) is 19.2 Å². The Morgan fingerprint density at radius 2 is 2.18 bits per heavy atom. The zero-order valence-electron chi connectivity index (χ0n) is 9.82. The van der Waals surface area contributed by atoms with Gasteiger partial charge in [0.05, 0.1) is 13.2 Å². The molecule has 0 aliphatic carbocycles. The van der Waals surface area contributed by atoms with Crippen molar-refractivity contribution in [1.29, 1.82) is 0 Å². The Bertz CT molecular complexity index is 348. The summed E-state index contributed by atoms with van der Waals surface area (Å²) in [6, 6.07) is 9.79. The van der Waals surface area contributed by atoms with Crippen LogP contribution in [-0.2, 0) is 9.53 Å². The van der Waals surface area contributed by atoms with E-state index in [-0.39, 0.29) is 5.91 Å². The fraction of sp³-hybridized carbons (Fsp3) is 0.462. The summed E-state index contributed by atoms with van der Waals surface area (Å²) in [4.78, 5) is 11.6. The van der Waals surface area contributed by atoms with Crippen LogP contribution >= 0.6 is 0 Å². The minimum absolute atomic E-state index is 0.0122. The predicted octanol–water partition coefficient (Wildman–Crippen LogP) is 1.39. The molecular formula is C13H18N2O2. The molecule has 1 heterocycles. The third kappa shape index (κ3) is 4.17. The largest absolute Gasteiger partial charge is 0.380 e. The van der Waals surface area contributed by atoms with Crippen LogP contribution in [0.25, 0.3) is 0 Å². The average Bonchev–Trinajstić information content (AvgIpc) is 2.39. The number of nitrogens with one attached hydrogen (secondary N) is 2. The normalized spacial score (nSPS) is 19.9. The van der Waals surface area contributed by atoms with Crippen LogP contribution in [0.5, 0.6) is 0 Å². The van der Waals surface area contributed by atoms with Crippen molar-refractivity contribution in [3.8, 4) is 0 Å². The van der Waals surface area contributed by atoms with Gasteiger partial charge in [-0.05, 0) is 25.0 Å². The molecule has 92 valence electrons. The molecule has 0 spiro atoms. The molecule has 1 aromatic carbocycles. The van der Waals surface area contributed by atoms with Crippen LogP contribution in [0.2, 0.25) is 0 Å². The highest BCUT2D eigenvalue weighted by Crippen LogP contribution is 2.06. The number of hydrogen-bond acceptors (Lipinski definition) is 3. The van der Waals surface area contributed by atoms with Gasteiger partial charge in [0.2, 0.25) is 5.91 Å². The van der Waals surface area contributed by atoms with Gasteiger partial charge in [-0.25, -0.2) is 0 Å². The number of carbonyl (C=O) groups is 1. The highest BCUT2D eigenvalue weighted by molar-refractivity contribution is 5.92. The molecule has 1 atom stereocenters. The molecule has 1 aliphatic heterocycles. The molecule has 4 heteroatoms. The lowest BCUT2D eigenvalue weighted by Crippen LogP contribution is -2.41. The van der Waals surface area contributed by atoms with E-state index in [0.717, 1.165) is 25.1 Å². The van der Waals surface area contributed by atoms with Crippen molar-refractivity contribution in [2.45, 2.75) is 18.9 Å². The van der Waals surface area contributed by atoms with Crippen LogP contribution < -0.4 is 10.6 Å². The summed E-state index contributed by atoms with van der Waals surface area (Å²) in [7, 11) is 0. The van der Waals surface area contributed by atoms with Gasteiger partial charge in [-0.2, -0.15) is 0 Å². The zero-order chi connectivity index (χ0) is 11.9. The van der Waals surface area contributed by atoms with Gasteiger partial charge >= 0.3 is 0 Å². The molecular weight excluding hydrogens is 216 g/mol. The second-order valence-electron chi connectivity index (χ2n) is 4.21. The minimum Gasteiger partial charge on any atom is -0.380 e. The van der Waals surface area contributed by atoms with Gasteiger partial charge in [0.1, 0.15) is 0 Å². The molecule has 0 saturated carbocycles. The Hall–Kier alpha value is -1.39. The van der Waals surface area contributed by atoms with Crippen LogP contribution in [0.15, 0.2) is 30.3 Å². The van der Waals surface area contributed by atoms with Crippen LogP contribution in [0.4, 0.5) is 5.69 Å². The second-order valence-corrected chi connectivity index (χ2v) is 4.21. The molecule has 0 radical (unpaired) electrons. The van der Waals surface area contributed by atoms with E-state index in [2.05, 4.69) is 10.6 Å². The molecule has 1 aromatic rings. The molecule has 0 aromatic heterocycles. The summed E-state index contributed by atoms with van der Waals surface area (Å²) < 4.78 is 5.34. The Morgan fingerprint density at radius 1 is 1.35 bits per heavy atom. The topological polar surface area (TPSA) is 50.4 Å². The van der Waals surface area contributed by atoms with Crippen molar-refractivity contribution in [2.24, 2.45) is 0 Å². The van der Waals surface area contributed by atoms with Crippen molar-refractivity contribution in [3.63, 3.8) is 0 Å². The first-order chi connectivity index (χ1) is 8.34. The zero-order valence-corrected chi connectivity index (χ0v) is 9.82. The highest BCUT2D eigenvalue weighted by atomic mass is 16.5. The molecule has 1 fully saturated rings. The monoisotopic (exact) mass is 234 g/mol. The third-order valence-electron chi connectivity index (χ3n) is 2.77. The van der Waals surface area contributed by atoms with Gasteiger partial charge in [-0.15, -0.1) is 0 Å². The van der Waals surface area contributed by atoms with Crippen LogP contribution in [-0.4, -0.2) is 31.7 Å². The maximum absolute atomic E-state index is 11.6. The molecule has 2 N–H and O–H groups in total. The SMILES string of the molecule is O=C(CNC1CCCOC1)Nc1ccccc1. The van der Waals surface area contributed by atoms with Crippen molar-refractivity contribution in [2.75, 3.05) is 25.1 Å². The summed E-state index contributed by atoms with van der Waals surface area (Å²) in [6.07, 6.45) is 2.15. The first-order valence-electron chi connectivity index (χ1n) is 6.00. The van der Waals surface area contributed by atoms with E-state index in [1.807, 2.05) is 30.3 Å². The third-order valence-corrected chi connectivity index (χ3v) is 2.77. The number of ether oxygens (including phenoxy) is 1. The lowest BCUT2D eigenvalue weighted by molar-refractivity contribution is -0.115. The van der Waals surface area contributed by atoms with Crippen molar-refractivity contribution < 1.29 is 9.53 Å². The number of carbonyl (C=O) groups excluding carboxylic acids is 1. The molecule has 17 heavy (non-hydrogen) atoms. The Kier molecular flexibility index (Phi) is 4.53. The quantitative estimate of drug-likeness (QED) is 0.827. The maximum atomic E-state index is 11.6. The highest BCUT2D eigenvalue weighted by Gasteiger charge is 2.14. The standard InChI is InChI=1S/C13H18N2O2/c16-13(15-11-5-2-1-3-6-11)9-14-12-7-4-8-17-10-12/h1-3,5-6,12,14H,4,7-10H2,(H,15,16). The van der Waals surface area contributed by atoms with Gasteiger partial charge in [-0.3, -0.25) is 4.79 Å². The van der Waals surface area contributed by atoms with E-state index in [1.165, 1.54) is 0 Å². The molecule has 1 saturated heterocycles. The number of hydrogen-bond donors (Lipinski definition) is 2. The summed E-state index contributed by atoms with van der Waals surface area (Å²) in [6.45, 7) is 1.88.